The number of carboxylic acids is 2. The molecule has 0 saturated carbocycles. The van der Waals surface area contributed by atoms with E-state index in [4.69, 9.17) is 61.2 Å². The molecule has 33 atom stereocenters. The number of aliphatic carboxylic acids is 2. The van der Waals surface area contributed by atoms with E-state index in [1.54, 1.807) is 0 Å². The monoisotopic (exact) mass is 1360 g/mol. The van der Waals surface area contributed by atoms with Crippen LogP contribution in [0.4, 0.5) is 0 Å². The Bertz CT molecular complexity index is 2370. The SMILES string of the molecule is O=C(O)[C@@]1(O[C@@H]2C[C@](O)(C(=O)O)O[C@H]([C@H](O)CO)[C@@H]2O[C@H]2O[C@H]([C@@H](O)CO)[C@@H](OP(=O)(O)O)[C@H](O[C@H]3O[C@H]([C@@H](O)CO[C@H]4O[C@H]([C@@H](O)CO)[C@@H](O)[C@H](O)[C@@H]4O)[C@@H](OP(=O)(O)O)[C@H](O[C@H]4O[C@H](CO)[C@@H](O)[C@H](O)[C@H]4O)[C@@H]3O)[C@@H]2O)C[C@@H](O)[C@@H](O)[C@@H]([C@H](O)CO)O1. The van der Waals surface area contributed by atoms with Crippen molar-refractivity contribution in [1.29, 1.82) is 0 Å². The van der Waals surface area contributed by atoms with Crippen LogP contribution in [0.5, 0.6) is 0 Å². The highest BCUT2D eigenvalue weighted by Gasteiger charge is 2.64. The molecule has 0 radical (unpaired) electrons. The zero-order chi connectivity index (χ0) is 66.9. The van der Waals surface area contributed by atoms with Gasteiger partial charge in [0, 0.05) is 12.8 Å². The van der Waals surface area contributed by atoms with Crippen molar-refractivity contribution in [1.82, 2.24) is 0 Å². The van der Waals surface area contributed by atoms with E-state index in [2.05, 4.69) is 0 Å². The smallest absolute Gasteiger partial charge is 0.470 e. The van der Waals surface area contributed by atoms with Crippen LogP contribution in [0.1, 0.15) is 12.8 Å². The van der Waals surface area contributed by atoms with Gasteiger partial charge >= 0.3 is 27.6 Å². The number of carbonyl (C=O) groups is 2. The average Bonchev–Trinajstić information content (AvgIpc) is 1.06. The number of hydrogen-bond donors (Lipinski definition) is 27. The molecule has 6 saturated heterocycles. The molecule has 0 unspecified atom stereocenters. The molecule has 6 rings (SSSR count). The number of carboxylic acid groups (broad SMARTS) is 2. The predicted octanol–water partition coefficient (Wildman–Crippen LogP) is -16.1. The van der Waals surface area contributed by atoms with Crippen molar-refractivity contribution in [2.24, 2.45) is 0 Å². The quantitative estimate of drug-likeness (QED) is 0.0340. The second-order valence-corrected chi connectivity index (χ2v) is 23.7. The molecule has 89 heavy (non-hydrogen) atoms. The first-order valence-electron chi connectivity index (χ1n) is 26.5. The number of ether oxygens (including phenoxy) is 11. The van der Waals surface area contributed by atoms with Crippen LogP contribution in [0.25, 0.3) is 0 Å². The van der Waals surface area contributed by atoms with Crippen molar-refractivity contribution in [3.8, 4) is 0 Å². The Kier molecular flexibility index (Phi) is 26.2. The third-order valence-corrected chi connectivity index (χ3v) is 16.1. The summed E-state index contributed by atoms with van der Waals surface area (Å²) in [6, 6.07) is 0. The molecule has 6 fully saturated rings. The summed E-state index contributed by atoms with van der Waals surface area (Å²) in [5.41, 5.74) is 0. The van der Waals surface area contributed by atoms with E-state index in [0.29, 0.717) is 0 Å². The Morgan fingerprint density at radius 3 is 1.36 bits per heavy atom. The molecule has 6 heterocycles. The summed E-state index contributed by atoms with van der Waals surface area (Å²) in [6.07, 6.45) is -80.3. The number of phosphoric ester groups is 2. The molecule has 46 heteroatoms. The third kappa shape index (κ3) is 17.1. The normalized spacial score (nSPS) is 45.3. The van der Waals surface area contributed by atoms with Crippen molar-refractivity contribution >= 4 is 27.6 Å². The number of hydrogen-bond acceptors (Lipinski definition) is 38. The van der Waals surface area contributed by atoms with Crippen LogP contribution in [0.3, 0.4) is 0 Å². The van der Waals surface area contributed by atoms with Crippen molar-refractivity contribution in [2.45, 2.75) is 214 Å². The first-order chi connectivity index (χ1) is 41.3. The topological polar surface area (TPSA) is 734 Å². The molecule has 0 amide bonds. The van der Waals surface area contributed by atoms with Crippen LogP contribution in [0.2, 0.25) is 0 Å². The highest BCUT2D eigenvalue weighted by atomic mass is 31.2. The molecule has 6 aliphatic heterocycles. The minimum absolute atomic E-state index is 1.14. The summed E-state index contributed by atoms with van der Waals surface area (Å²) in [7, 11) is -12.2. The average molecular weight is 1360 g/mol. The Hall–Kier alpha value is -2.12. The van der Waals surface area contributed by atoms with Crippen LogP contribution in [0, 0.1) is 0 Å². The molecule has 0 spiro atoms. The maximum Gasteiger partial charge on any atom is 0.470 e. The number of rotatable bonds is 27. The van der Waals surface area contributed by atoms with Gasteiger partial charge in [0.1, 0.15) is 153 Å². The van der Waals surface area contributed by atoms with Crippen LogP contribution in [-0.2, 0) is 79.9 Å². The van der Waals surface area contributed by atoms with Gasteiger partial charge < -0.3 is 189 Å². The fraction of sp³-hybridized carbons (Fsp3) is 0.953. The lowest BCUT2D eigenvalue weighted by molar-refractivity contribution is -0.404. The van der Waals surface area contributed by atoms with Gasteiger partial charge in [-0.3, -0.25) is 9.05 Å². The molecule has 6 aliphatic rings. The first-order valence-corrected chi connectivity index (χ1v) is 29.5. The third-order valence-electron chi connectivity index (χ3n) is 15.1. The summed E-state index contributed by atoms with van der Waals surface area (Å²) < 4.78 is 96.2. The van der Waals surface area contributed by atoms with Gasteiger partial charge in [0.15, 0.2) is 25.2 Å². The van der Waals surface area contributed by atoms with Crippen molar-refractivity contribution < 1.29 is 217 Å². The maximum absolute atomic E-state index is 13.1. The van der Waals surface area contributed by atoms with Gasteiger partial charge in [-0.05, 0) is 0 Å². The fourth-order valence-corrected chi connectivity index (χ4v) is 11.6. The van der Waals surface area contributed by atoms with E-state index >= 15 is 0 Å². The molecule has 27 N–H and O–H groups in total. The summed E-state index contributed by atoms with van der Waals surface area (Å²) in [5, 5.41) is 246. The molecule has 520 valence electrons. The Balaban J connectivity index is 1.48. The number of phosphoric acid groups is 2. The zero-order valence-electron chi connectivity index (χ0n) is 45.5. The maximum atomic E-state index is 13.1. The molecular formula is C43H74O44P2. The van der Waals surface area contributed by atoms with Crippen molar-refractivity contribution in [3.63, 3.8) is 0 Å². The van der Waals surface area contributed by atoms with Gasteiger partial charge in [0.2, 0.25) is 0 Å². The summed E-state index contributed by atoms with van der Waals surface area (Å²) in [4.78, 5) is 66.5. The Morgan fingerprint density at radius 2 is 0.888 bits per heavy atom. The van der Waals surface area contributed by atoms with Crippen LogP contribution >= 0.6 is 15.6 Å². The van der Waals surface area contributed by atoms with Gasteiger partial charge in [-0.15, -0.1) is 0 Å². The molecule has 0 aliphatic carbocycles. The molecule has 0 bridgehead atoms. The van der Waals surface area contributed by atoms with E-state index in [1.807, 2.05) is 0 Å². The predicted molar refractivity (Wildman–Crippen MR) is 261 cm³/mol. The van der Waals surface area contributed by atoms with E-state index in [0.717, 1.165) is 0 Å². The van der Waals surface area contributed by atoms with Gasteiger partial charge in [-0.2, -0.15) is 0 Å². The molecule has 0 aromatic rings. The van der Waals surface area contributed by atoms with Gasteiger partial charge in [-0.25, -0.2) is 18.7 Å². The minimum Gasteiger partial charge on any atom is -0.477 e. The van der Waals surface area contributed by atoms with Crippen LogP contribution < -0.4 is 0 Å². The minimum atomic E-state index is -6.13. The fourth-order valence-electron chi connectivity index (χ4n) is 10.5. The molecular weight excluding hydrogens is 1280 g/mol. The lowest BCUT2D eigenvalue weighted by Gasteiger charge is -2.52. The second-order valence-electron chi connectivity index (χ2n) is 21.3. The Labute approximate surface area is 497 Å². The lowest BCUT2D eigenvalue weighted by Crippen LogP contribution is -2.70. The number of aliphatic hydroxyl groups is 21. The standard InChI is InChI=1S/C43H74O44P2/c44-3-10(50)26-21(59)20(58)22(60)36(77-26)75-8-14(54)29-35(87-89(72,73)74)33(81-37-23(61)19(57)18(56)16(7-48)76-37)25(63)39(79-29)82-32-24(62)38(78-28(12(52)5-46)34(32)86-88(69,70)71)80-31-15(2-42(68,40(64)65)84-30(31)13(53)6-47)83-43(41(66)67)1-9(49)17(55)27(85-43)11(51)4-45/h9-39,44-63,68H,1-8H2,(H,64,65)(H,66,67)(H2,69,70,71)(H2,72,73,74)/t9-,10+,11-,12+,13-,14+,15-,16-,17-,18-,19+,20+,21+,22+,23-,24+,25+,26-,27-,28-,29-,30-,31-,32-,33-,34-,35-,36+,37-,38-,39-,42-,43-/m1/s1. The van der Waals surface area contributed by atoms with E-state index < -0.39 is 282 Å². The summed E-state index contributed by atoms with van der Waals surface area (Å²) in [5.74, 6) is -11.8. The second kappa shape index (κ2) is 30.7. The van der Waals surface area contributed by atoms with Crippen molar-refractivity contribution in [2.75, 3.05) is 39.6 Å². The van der Waals surface area contributed by atoms with Gasteiger partial charge in [-0.1, -0.05) is 0 Å². The molecule has 0 aromatic heterocycles. The van der Waals surface area contributed by atoms with Gasteiger partial charge in [0.05, 0.1) is 51.8 Å². The van der Waals surface area contributed by atoms with Crippen LogP contribution in [0.15, 0.2) is 0 Å². The zero-order valence-corrected chi connectivity index (χ0v) is 47.3. The lowest BCUT2D eigenvalue weighted by atomic mass is 9.89. The molecule has 44 nitrogen and oxygen atoms in total. The highest BCUT2D eigenvalue weighted by Crippen LogP contribution is 2.48. The first kappa shape index (κ1) is 75.9. The van der Waals surface area contributed by atoms with Gasteiger partial charge in [0.25, 0.3) is 11.6 Å². The van der Waals surface area contributed by atoms with E-state index in [1.165, 1.54) is 0 Å². The summed E-state index contributed by atoms with van der Waals surface area (Å²) in [6.45, 7) is -8.12. The Morgan fingerprint density at radius 1 is 0.461 bits per heavy atom. The van der Waals surface area contributed by atoms with Crippen LogP contribution in [-0.4, -0.2) is 390 Å². The van der Waals surface area contributed by atoms with E-state index in [-0.39, 0.29) is 0 Å². The highest BCUT2D eigenvalue weighted by molar-refractivity contribution is 7.46. The largest absolute Gasteiger partial charge is 0.477 e. The van der Waals surface area contributed by atoms with Crippen molar-refractivity contribution in [3.05, 3.63) is 0 Å². The summed E-state index contributed by atoms with van der Waals surface area (Å²) >= 11 is 0. The van der Waals surface area contributed by atoms with E-state index in [9.17, 15) is 156 Å². The number of aliphatic hydroxyl groups excluding tert-OH is 20. The molecule has 0 aromatic carbocycles.